The minimum Gasteiger partial charge on any atom is -0.459 e. The van der Waals surface area contributed by atoms with E-state index in [0.29, 0.717) is 30.8 Å². The van der Waals surface area contributed by atoms with Crippen molar-refractivity contribution in [3.8, 4) is 0 Å². The number of furan rings is 1. The first kappa shape index (κ1) is 16.7. The van der Waals surface area contributed by atoms with Crippen LogP contribution in [0.1, 0.15) is 28.1 Å². The summed E-state index contributed by atoms with van der Waals surface area (Å²) >= 11 is 0. The molecule has 6 heteroatoms. The Hall–Kier alpha value is -2.63. The lowest BCUT2D eigenvalue weighted by Gasteiger charge is -2.06. The minimum atomic E-state index is -0.355. The maximum absolute atomic E-state index is 13.0. The lowest BCUT2D eigenvalue weighted by atomic mass is 10.1. The topological polar surface area (TPSA) is 71.3 Å². The molecule has 0 aliphatic heterocycles. The number of nitrogens with one attached hydrogen (secondary N) is 2. The molecule has 0 saturated carbocycles. The van der Waals surface area contributed by atoms with Gasteiger partial charge in [-0.2, -0.15) is 0 Å². The zero-order chi connectivity index (χ0) is 16.7. The van der Waals surface area contributed by atoms with Crippen LogP contribution < -0.4 is 10.6 Å². The van der Waals surface area contributed by atoms with Gasteiger partial charge in [0.25, 0.3) is 5.91 Å². The summed E-state index contributed by atoms with van der Waals surface area (Å²) in [6.45, 7) is 2.66. The number of aryl methyl sites for hydroxylation is 1. The van der Waals surface area contributed by atoms with Crippen LogP contribution in [0.5, 0.6) is 0 Å². The number of halogens is 1. The van der Waals surface area contributed by atoms with Crippen LogP contribution in [0, 0.1) is 12.7 Å². The zero-order valence-electron chi connectivity index (χ0n) is 12.9. The van der Waals surface area contributed by atoms with Gasteiger partial charge in [-0.15, -0.1) is 0 Å². The molecule has 0 saturated heterocycles. The van der Waals surface area contributed by atoms with E-state index in [1.165, 1.54) is 18.4 Å². The van der Waals surface area contributed by atoms with E-state index in [0.717, 1.165) is 5.56 Å². The van der Waals surface area contributed by atoms with Gasteiger partial charge in [0.2, 0.25) is 5.91 Å². The average molecular weight is 318 g/mol. The zero-order valence-corrected chi connectivity index (χ0v) is 12.9. The van der Waals surface area contributed by atoms with Crippen molar-refractivity contribution in [2.24, 2.45) is 0 Å². The predicted molar refractivity (Wildman–Crippen MR) is 83.5 cm³/mol. The molecule has 2 rings (SSSR count). The molecule has 0 atom stereocenters. The summed E-state index contributed by atoms with van der Waals surface area (Å²) in [5.74, 6) is -0.492. The highest BCUT2D eigenvalue weighted by molar-refractivity contribution is 5.92. The molecule has 5 nitrogen and oxygen atoms in total. The first-order valence-electron chi connectivity index (χ1n) is 7.39. The number of hydrogen-bond acceptors (Lipinski definition) is 3. The quantitative estimate of drug-likeness (QED) is 0.769. The second-order valence-electron chi connectivity index (χ2n) is 5.20. The van der Waals surface area contributed by atoms with Crippen molar-refractivity contribution in [1.82, 2.24) is 10.6 Å². The molecule has 0 fully saturated rings. The number of hydrogen-bond donors (Lipinski definition) is 2. The summed E-state index contributed by atoms with van der Waals surface area (Å²) in [4.78, 5) is 23.5. The third-order valence-electron chi connectivity index (χ3n) is 3.28. The number of amides is 2. The summed E-state index contributed by atoms with van der Waals surface area (Å²) in [6, 6.07) is 7.68. The number of carbonyl (C=O) groups excluding carboxylic acids is 2. The van der Waals surface area contributed by atoms with Gasteiger partial charge < -0.3 is 15.1 Å². The largest absolute Gasteiger partial charge is 0.459 e. The molecule has 2 amide bonds. The summed E-state index contributed by atoms with van der Waals surface area (Å²) in [5.41, 5.74) is 1.41. The maximum atomic E-state index is 13.0. The van der Waals surface area contributed by atoms with Crippen LogP contribution in [0.4, 0.5) is 4.39 Å². The van der Waals surface area contributed by atoms with Crippen LogP contribution in [0.3, 0.4) is 0 Å². The Morgan fingerprint density at radius 2 is 1.96 bits per heavy atom. The fourth-order valence-corrected chi connectivity index (χ4v) is 2.10. The standard InChI is InChI=1S/C17H19FN2O3/c1-12-6-9-23-16(12)17(22)20-8-3-7-19-15(21)11-13-4-2-5-14(18)10-13/h2,4-6,9-10H,3,7-8,11H2,1H3,(H,19,21)(H,20,22). The highest BCUT2D eigenvalue weighted by atomic mass is 19.1. The molecule has 0 spiro atoms. The van der Waals surface area contributed by atoms with Crippen molar-refractivity contribution >= 4 is 11.8 Å². The average Bonchev–Trinajstić information content (AvgIpc) is 2.93. The van der Waals surface area contributed by atoms with Crippen molar-refractivity contribution < 1.29 is 18.4 Å². The highest BCUT2D eigenvalue weighted by Crippen LogP contribution is 2.08. The number of benzene rings is 1. The van der Waals surface area contributed by atoms with Gasteiger partial charge in [0, 0.05) is 18.7 Å². The molecule has 2 N–H and O–H groups in total. The molecule has 122 valence electrons. The van der Waals surface area contributed by atoms with Crippen molar-refractivity contribution in [2.75, 3.05) is 13.1 Å². The molecule has 0 unspecified atom stereocenters. The van der Waals surface area contributed by atoms with E-state index in [-0.39, 0.29) is 24.1 Å². The van der Waals surface area contributed by atoms with E-state index in [1.807, 2.05) is 0 Å². The number of carbonyl (C=O) groups is 2. The second kappa shape index (κ2) is 8.12. The SMILES string of the molecule is Cc1ccoc1C(=O)NCCCNC(=O)Cc1cccc(F)c1. The molecule has 23 heavy (non-hydrogen) atoms. The first-order chi connectivity index (χ1) is 11.1. The first-order valence-corrected chi connectivity index (χ1v) is 7.39. The summed E-state index contributed by atoms with van der Waals surface area (Å²) in [6.07, 6.45) is 2.20. The van der Waals surface area contributed by atoms with Crippen LogP contribution in [0.25, 0.3) is 0 Å². The molecule has 1 aromatic carbocycles. The highest BCUT2D eigenvalue weighted by Gasteiger charge is 2.11. The monoisotopic (exact) mass is 318 g/mol. The minimum absolute atomic E-state index is 0.135. The van der Waals surface area contributed by atoms with E-state index >= 15 is 0 Å². The lowest BCUT2D eigenvalue weighted by Crippen LogP contribution is -2.30. The fraction of sp³-hybridized carbons (Fsp3) is 0.294. The van der Waals surface area contributed by atoms with Gasteiger partial charge in [-0.1, -0.05) is 12.1 Å². The van der Waals surface area contributed by atoms with Crippen molar-refractivity contribution in [3.05, 3.63) is 59.3 Å². The van der Waals surface area contributed by atoms with Crippen LogP contribution in [-0.4, -0.2) is 24.9 Å². The predicted octanol–water partition coefficient (Wildman–Crippen LogP) is 2.21. The normalized spacial score (nSPS) is 10.3. The Morgan fingerprint density at radius 1 is 1.17 bits per heavy atom. The van der Waals surface area contributed by atoms with Gasteiger partial charge in [-0.05, 0) is 37.1 Å². The van der Waals surface area contributed by atoms with E-state index in [9.17, 15) is 14.0 Å². The molecule has 0 aliphatic carbocycles. The van der Waals surface area contributed by atoms with Gasteiger partial charge in [0.1, 0.15) is 5.82 Å². The van der Waals surface area contributed by atoms with Crippen molar-refractivity contribution in [1.29, 1.82) is 0 Å². The third kappa shape index (κ3) is 5.25. The molecule has 0 radical (unpaired) electrons. The molecule has 1 aromatic heterocycles. The fourth-order valence-electron chi connectivity index (χ4n) is 2.10. The Bertz CT molecular complexity index is 682. The molecule has 0 bridgehead atoms. The third-order valence-corrected chi connectivity index (χ3v) is 3.28. The van der Waals surface area contributed by atoms with Crippen LogP contribution in [-0.2, 0) is 11.2 Å². The van der Waals surface area contributed by atoms with E-state index < -0.39 is 0 Å². The molecule has 1 heterocycles. The summed E-state index contributed by atoms with van der Waals surface area (Å²) < 4.78 is 18.1. The maximum Gasteiger partial charge on any atom is 0.287 e. The van der Waals surface area contributed by atoms with Crippen LogP contribution in [0.2, 0.25) is 0 Å². The Kier molecular flexibility index (Phi) is 5.91. The van der Waals surface area contributed by atoms with E-state index in [1.54, 1.807) is 25.1 Å². The van der Waals surface area contributed by atoms with Crippen molar-refractivity contribution in [3.63, 3.8) is 0 Å². The number of rotatable bonds is 7. The van der Waals surface area contributed by atoms with Gasteiger partial charge in [0.15, 0.2) is 5.76 Å². The van der Waals surface area contributed by atoms with Gasteiger partial charge in [-0.3, -0.25) is 9.59 Å². The lowest BCUT2D eigenvalue weighted by molar-refractivity contribution is -0.120. The van der Waals surface area contributed by atoms with Gasteiger partial charge >= 0.3 is 0 Å². The van der Waals surface area contributed by atoms with Crippen LogP contribution in [0.15, 0.2) is 41.0 Å². The Labute approximate surface area is 133 Å². The smallest absolute Gasteiger partial charge is 0.287 e. The van der Waals surface area contributed by atoms with E-state index in [4.69, 9.17) is 4.42 Å². The Morgan fingerprint density at radius 3 is 2.65 bits per heavy atom. The summed E-state index contributed by atoms with van der Waals surface area (Å²) in [7, 11) is 0. The van der Waals surface area contributed by atoms with Gasteiger partial charge in [-0.25, -0.2) is 4.39 Å². The van der Waals surface area contributed by atoms with Crippen LogP contribution >= 0.6 is 0 Å². The van der Waals surface area contributed by atoms with Gasteiger partial charge in [0.05, 0.1) is 12.7 Å². The summed E-state index contributed by atoms with van der Waals surface area (Å²) in [5, 5.41) is 5.46. The van der Waals surface area contributed by atoms with Crippen molar-refractivity contribution in [2.45, 2.75) is 19.8 Å². The van der Waals surface area contributed by atoms with E-state index in [2.05, 4.69) is 10.6 Å². The molecule has 0 aliphatic rings. The molecular formula is C17H19FN2O3. The molecule has 2 aromatic rings. The second-order valence-corrected chi connectivity index (χ2v) is 5.20. The molecular weight excluding hydrogens is 299 g/mol. The Balaban J connectivity index is 1.63.